The van der Waals surface area contributed by atoms with Crippen LogP contribution in [-0.2, 0) is 0 Å². The quantitative estimate of drug-likeness (QED) is 0.751. The molecule has 1 amide bonds. The van der Waals surface area contributed by atoms with Crippen LogP contribution in [0.4, 0.5) is 0 Å². The van der Waals surface area contributed by atoms with E-state index >= 15 is 0 Å². The highest BCUT2D eigenvalue weighted by molar-refractivity contribution is 6.00. The number of hydrogen-bond acceptors (Lipinski definition) is 1. The Balaban J connectivity index is 2.67. The SMILES string of the molecule is CNC(=O)c1cc2ccccc2cc1C. The average Bonchev–Trinajstić information content (AvgIpc) is 2.27. The molecule has 0 atom stereocenters. The first kappa shape index (κ1) is 9.71. The summed E-state index contributed by atoms with van der Waals surface area (Å²) in [4.78, 5) is 11.6. The van der Waals surface area contributed by atoms with Crippen molar-refractivity contribution in [1.29, 1.82) is 0 Å². The number of nitrogens with one attached hydrogen (secondary N) is 1. The van der Waals surface area contributed by atoms with E-state index in [1.807, 2.05) is 37.3 Å². The van der Waals surface area contributed by atoms with Crippen molar-refractivity contribution in [3.8, 4) is 0 Å². The van der Waals surface area contributed by atoms with Crippen LogP contribution in [-0.4, -0.2) is 13.0 Å². The van der Waals surface area contributed by atoms with Gasteiger partial charge >= 0.3 is 0 Å². The maximum absolute atomic E-state index is 11.6. The predicted molar refractivity (Wildman–Crippen MR) is 62.1 cm³/mol. The van der Waals surface area contributed by atoms with Gasteiger partial charge in [0.05, 0.1) is 0 Å². The zero-order valence-corrected chi connectivity index (χ0v) is 8.87. The maximum atomic E-state index is 11.6. The zero-order chi connectivity index (χ0) is 10.8. The average molecular weight is 199 g/mol. The highest BCUT2D eigenvalue weighted by atomic mass is 16.1. The molecule has 2 aromatic carbocycles. The van der Waals surface area contributed by atoms with E-state index in [-0.39, 0.29) is 5.91 Å². The molecule has 0 saturated carbocycles. The van der Waals surface area contributed by atoms with E-state index in [0.29, 0.717) is 0 Å². The fraction of sp³-hybridized carbons (Fsp3) is 0.154. The third-order valence-electron chi connectivity index (χ3n) is 2.56. The summed E-state index contributed by atoms with van der Waals surface area (Å²) in [5, 5.41) is 4.92. The van der Waals surface area contributed by atoms with Gasteiger partial charge in [-0.05, 0) is 29.3 Å². The minimum atomic E-state index is -0.0294. The summed E-state index contributed by atoms with van der Waals surface area (Å²) in [6.45, 7) is 1.96. The Kier molecular flexibility index (Phi) is 2.42. The third-order valence-corrected chi connectivity index (χ3v) is 2.56. The Labute approximate surface area is 88.9 Å². The fourth-order valence-electron chi connectivity index (χ4n) is 1.73. The number of carbonyl (C=O) groups excluding carboxylic acids is 1. The van der Waals surface area contributed by atoms with Gasteiger partial charge in [0.25, 0.3) is 5.91 Å². The third kappa shape index (κ3) is 1.71. The lowest BCUT2D eigenvalue weighted by atomic mass is 10.0. The van der Waals surface area contributed by atoms with E-state index in [9.17, 15) is 4.79 Å². The van der Waals surface area contributed by atoms with Crippen molar-refractivity contribution >= 4 is 16.7 Å². The summed E-state index contributed by atoms with van der Waals surface area (Å²) in [6.07, 6.45) is 0. The van der Waals surface area contributed by atoms with E-state index < -0.39 is 0 Å². The van der Waals surface area contributed by atoms with Gasteiger partial charge < -0.3 is 5.32 Å². The molecule has 76 valence electrons. The Morgan fingerprint density at radius 3 is 2.33 bits per heavy atom. The lowest BCUT2D eigenvalue weighted by Gasteiger charge is -2.06. The van der Waals surface area contributed by atoms with Crippen LogP contribution < -0.4 is 5.32 Å². The highest BCUT2D eigenvalue weighted by Gasteiger charge is 2.07. The van der Waals surface area contributed by atoms with E-state index in [2.05, 4.69) is 11.4 Å². The lowest BCUT2D eigenvalue weighted by Crippen LogP contribution is -2.18. The molecule has 0 unspecified atom stereocenters. The van der Waals surface area contributed by atoms with Crippen LogP contribution in [0.2, 0.25) is 0 Å². The molecule has 0 fully saturated rings. The Morgan fingerprint density at radius 1 is 1.13 bits per heavy atom. The van der Waals surface area contributed by atoms with Crippen molar-refractivity contribution in [2.24, 2.45) is 0 Å². The minimum Gasteiger partial charge on any atom is -0.355 e. The second-order valence-electron chi connectivity index (χ2n) is 3.59. The topological polar surface area (TPSA) is 29.1 Å². The van der Waals surface area contributed by atoms with E-state index in [0.717, 1.165) is 16.5 Å². The molecule has 2 heteroatoms. The fourth-order valence-corrected chi connectivity index (χ4v) is 1.73. The molecule has 0 heterocycles. The first-order chi connectivity index (χ1) is 7.22. The van der Waals surface area contributed by atoms with Gasteiger partial charge in [0.2, 0.25) is 0 Å². The normalized spacial score (nSPS) is 10.3. The molecule has 15 heavy (non-hydrogen) atoms. The molecule has 0 aliphatic heterocycles. The minimum absolute atomic E-state index is 0.0294. The smallest absolute Gasteiger partial charge is 0.251 e. The molecule has 1 N–H and O–H groups in total. The number of rotatable bonds is 1. The Morgan fingerprint density at radius 2 is 1.73 bits per heavy atom. The molecule has 0 aliphatic rings. The molecular formula is C13H13NO. The van der Waals surface area contributed by atoms with Gasteiger partial charge in [-0.15, -0.1) is 0 Å². The summed E-state index contributed by atoms with van der Waals surface area (Å²) in [5.74, 6) is -0.0294. The molecular weight excluding hydrogens is 186 g/mol. The van der Waals surface area contributed by atoms with Crippen molar-refractivity contribution in [3.63, 3.8) is 0 Å². The molecule has 0 aliphatic carbocycles. The van der Waals surface area contributed by atoms with Crippen LogP contribution in [0.3, 0.4) is 0 Å². The zero-order valence-electron chi connectivity index (χ0n) is 8.87. The van der Waals surface area contributed by atoms with Crippen LogP contribution in [0.25, 0.3) is 10.8 Å². The van der Waals surface area contributed by atoms with Crippen molar-refractivity contribution in [3.05, 3.63) is 47.5 Å². The van der Waals surface area contributed by atoms with Gasteiger partial charge in [0, 0.05) is 12.6 Å². The van der Waals surface area contributed by atoms with Crippen LogP contribution >= 0.6 is 0 Å². The number of hydrogen-bond donors (Lipinski definition) is 1. The van der Waals surface area contributed by atoms with Crippen molar-refractivity contribution in [2.45, 2.75) is 6.92 Å². The summed E-state index contributed by atoms with van der Waals surface area (Å²) >= 11 is 0. The van der Waals surface area contributed by atoms with E-state index in [1.54, 1.807) is 7.05 Å². The number of aryl methyl sites for hydroxylation is 1. The van der Waals surface area contributed by atoms with Crippen LogP contribution in [0.1, 0.15) is 15.9 Å². The predicted octanol–water partition coefficient (Wildman–Crippen LogP) is 2.51. The first-order valence-corrected chi connectivity index (χ1v) is 4.94. The molecule has 0 radical (unpaired) electrons. The van der Waals surface area contributed by atoms with Crippen LogP contribution in [0.15, 0.2) is 36.4 Å². The Hall–Kier alpha value is -1.83. The number of carbonyl (C=O) groups is 1. The van der Waals surface area contributed by atoms with E-state index in [1.165, 1.54) is 5.39 Å². The molecule has 2 rings (SSSR count). The van der Waals surface area contributed by atoms with Gasteiger partial charge in [0.1, 0.15) is 0 Å². The van der Waals surface area contributed by atoms with Crippen molar-refractivity contribution in [2.75, 3.05) is 7.05 Å². The van der Waals surface area contributed by atoms with Gasteiger partial charge in [-0.2, -0.15) is 0 Å². The molecule has 0 spiro atoms. The van der Waals surface area contributed by atoms with Crippen molar-refractivity contribution < 1.29 is 4.79 Å². The largest absolute Gasteiger partial charge is 0.355 e. The van der Waals surface area contributed by atoms with E-state index in [4.69, 9.17) is 0 Å². The molecule has 2 aromatic rings. The van der Waals surface area contributed by atoms with Gasteiger partial charge in [0.15, 0.2) is 0 Å². The summed E-state index contributed by atoms with van der Waals surface area (Å²) < 4.78 is 0. The summed E-state index contributed by atoms with van der Waals surface area (Å²) in [5.41, 5.74) is 1.75. The second-order valence-corrected chi connectivity index (χ2v) is 3.59. The molecule has 0 aromatic heterocycles. The number of amides is 1. The molecule has 2 nitrogen and oxygen atoms in total. The Bertz CT molecular complexity index is 517. The second kappa shape index (κ2) is 3.73. The van der Waals surface area contributed by atoms with Crippen LogP contribution in [0.5, 0.6) is 0 Å². The number of benzene rings is 2. The summed E-state index contributed by atoms with van der Waals surface area (Å²) in [7, 11) is 1.65. The monoisotopic (exact) mass is 199 g/mol. The van der Waals surface area contributed by atoms with Crippen molar-refractivity contribution in [1.82, 2.24) is 5.32 Å². The lowest BCUT2D eigenvalue weighted by molar-refractivity contribution is 0.0962. The maximum Gasteiger partial charge on any atom is 0.251 e. The number of fused-ring (bicyclic) bond motifs is 1. The highest BCUT2D eigenvalue weighted by Crippen LogP contribution is 2.19. The summed E-state index contributed by atoms with van der Waals surface area (Å²) in [6, 6.07) is 12.0. The molecule has 0 saturated heterocycles. The van der Waals surface area contributed by atoms with Gasteiger partial charge in [-0.25, -0.2) is 0 Å². The first-order valence-electron chi connectivity index (χ1n) is 4.94. The van der Waals surface area contributed by atoms with Crippen LogP contribution in [0, 0.1) is 6.92 Å². The van der Waals surface area contributed by atoms with Gasteiger partial charge in [-0.1, -0.05) is 30.3 Å². The molecule has 0 bridgehead atoms. The standard InChI is InChI=1S/C13H13NO/c1-9-7-10-5-3-4-6-11(10)8-12(9)13(15)14-2/h3-8H,1-2H3,(H,14,15). The van der Waals surface area contributed by atoms with Gasteiger partial charge in [-0.3, -0.25) is 4.79 Å².